The Bertz CT molecular complexity index is 663. The standard InChI is InChI=1S/C16H18Cl2N2O3/c17-4-1-5-22-12-8-13-15(16(18)20-10-19-13)14(9-12)23-11-2-6-21-7-3-11/h8-11H,1-7H2. The summed E-state index contributed by atoms with van der Waals surface area (Å²) in [4.78, 5) is 8.34. The number of benzene rings is 1. The van der Waals surface area contributed by atoms with E-state index < -0.39 is 0 Å². The summed E-state index contributed by atoms with van der Waals surface area (Å²) in [5.74, 6) is 1.91. The third-order valence-electron chi connectivity index (χ3n) is 3.64. The van der Waals surface area contributed by atoms with Crippen LogP contribution in [0, 0.1) is 0 Å². The van der Waals surface area contributed by atoms with Crippen molar-refractivity contribution in [2.45, 2.75) is 25.4 Å². The lowest BCUT2D eigenvalue weighted by molar-refractivity contribution is 0.0261. The Morgan fingerprint density at radius 1 is 1.22 bits per heavy atom. The molecule has 23 heavy (non-hydrogen) atoms. The molecule has 1 aromatic carbocycles. The van der Waals surface area contributed by atoms with Crippen LogP contribution in [0.5, 0.6) is 11.5 Å². The molecule has 5 nitrogen and oxygen atoms in total. The van der Waals surface area contributed by atoms with E-state index in [9.17, 15) is 0 Å². The molecule has 1 aliphatic rings. The highest BCUT2D eigenvalue weighted by Crippen LogP contribution is 2.35. The average Bonchev–Trinajstić information content (AvgIpc) is 2.56. The summed E-state index contributed by atoms with van der Waals surface area (Å²) in [5, 5.41) is 1.09. The van der Waals surface area contributed by atoms with Crippen LogP contribution in [0.25, 0.3) is 10.9 Å². The molecule has 2 heterocycles. The quantitative estimate of drug-likeness (QED) is 0.447. The van der Waals surface area contributed by atoms with Crippen molar-refractivity contribution < 1.29 is 14.2 Å². The summed E-state index contributed by atoms with van der Waals surface area (Å²) in [6.45, 7) is 1.96. The third kappa shape index (κ3) is 4.16. The number of fused-ring (bicyclic) bond motifs is 1. The van der Waals surface area contributed by atoms with E-state index in [4.69, 9.17) is 37.4 Å². The van der Waals surface area contributed by atoms with Gasteiger partial charge in [0.1, 0.15) is 29.1 Å². The second kappa shape index (κ2) is 7.99. The molecule has 1 saturated heterocycles. The number of hydrogen-bond donors (Lipinski definition) is 0. The van der Waals surface area contributed by atoms with Gasteiger partial charge >= 0.3 is 0 Å². The van der Waals surface area contributed by atoms with E-state index in [1.54, 1.807) is 0 Å². The van der Waals surface area contributed by atoms with Gasteiger partial charge in [0.2, 0.25) is 0 Å². The van der Waals surface area contributed by atoms with E-state index in [0.717, 1.165) is 19.3 Å². The first kappa shape index (κ1) is 16.6. The van der Waals surface area contributed by atoms with Gasteiger partial charge in [-0.15, -0.1) is 11.6 Å². The Morgan fingerprint density at radius 3 is 2.83 bits per heavy atom. The highest BCUT2D eigenvalue weighted by molar-refractivity contribution is 6.34. The number of hydrogen-bond acceptors (Lipinski definition) is 5. The van der Waals surface area contributed by atoms with Crippen LogP contribution in [0.15, 0.2) is 18.5 Å². The molecule has 0 bridgehead atoms. The number of aromatic nitrogens is 2. The maximum absolute atomic E-state index is 6.24. The largest absolute Gasteiger partial charge is 0.493 e. The highest BCUT2D eigenvalue weighted by atomic mass is 35.5. The van der Waals surface area contributed by atoms with Crippen LogP contribution in [-0.2, 0) is 4.74 Å². The normalized spacial score (nSPS) is 15.7. The fourth-order valence-electron chi connectivity index (χ4n) is 2.49. The zero-order chi connectivity index (χ0) is 16.1. The number of nitrogens with zero attached hydrogens (tertiary/aromatic N) is 2. The lowest BCUT2D eigenvalue weighted by Crippen LogP contribution is -2.26. The maximum Gasteiger partial charge on any atom is 0.144 e. The molecule has 0 amide bonds. The third-order valence-corrected chi connectivity index (χ3v) is 4.19. The topological polar surface area (TPSA) is 53.5 Å². The Kier molecular flexibility index (Phi) is 5.75. The number of ether oxygens (including phenoxy) is 3. The van der Waals surface area contributed by atoms with E-state index in [1.165, 1.54) is 6.33 Å². The molecule has 0 atom stereocenters. The Labute approximate surface area is 144 Å². The minimum absolute atomic E-state index is 0.0984. The second-order valence-electron chi connectivity index (χ2n) is 5.30. The van der Waals surface area contributed by atoms with Gasteiger partial charge in [0.15, 0.2) is 0 Å². The van der Waals surface area contributed by atoms with Gasteiger partial charge < -0.3 is 14.2 Å². The molecule has 0 aliphatic carbocycles. The summed E-state index contributed by atoms with van der Waals surface area (Å²) >= 11 is 11.9. The molecule has 0 saturated carbocycles. The van der Waals surface area contributed by atoms with Gasteiger partial charge in [-0.1, -0.05) is 11.6 Å². The van der Waals surface area contributed by atoms with E-state index >= 15 is 0 Å². The summed E-state index contributed by atoms with van der Waals surface area (Å²) in [7, 11) is 0. The molecule has 2 aromatic rings. The van der Waals surface area contributed by atoms with E-state index in [2.05, 4.69) is 9.97 Å². The van der Waals surface area contributed by atoms with Gasteiger partial charge in [-0.2, -0.15) is 0 Å². The van der Waals surface area contributed by atoms with Crippen molar-refractivity contribution in [3.05, 3.63) is 23.6 Å². The number of halogens is 2. The van der Waals surface area contributed by atoms with Gasteiger partial charge in [-0.25, -0.2) is 9.97 Å². The molecule has 0 radical (unpaired) electrons. The van der Waals surface area contributed by atoms with Crippen molar-refractivity contribution in [3.8, 4) is 11.5 Å². The molecule has 124 valence electrons. The summed E-state index contributed by atoms with van der Waals surface area (Å²) < 4.78 is 17.2. The SMILES string of the molecule is ClCCCOc1cc(OC2CCOCC2)c2c(Cl)ncnc2c1. The summed E-state index contributed by atoms with van der Waals surface area (Å²) in [5.41, 5.74) is 0.704. The predicted molar refractivity (Wildman–Crippen MR) is 89.8 cm³/mol. The molecule has 0 N–H and O–H groups in total. The summed E-state index contributed by atoms with van der Waals surface area (Å²) in [6.07, 6.45) is 4.02. The molecule has 1 aromatic heterocycles. The fourth-order valence-corrected chi connectivity index (χ4v) is 2.83. The first-order valence-electron chi connectivity index (χ1n) is 7.65. The number of rotatable bonds is 6. The first-order chi connectivity index (χ1) is 11.3. The van der Waals surface area contributed by atoms with Crippen molar-refractivity contribution in [1.29, 1.82) is 0 Å². The molecular formula is C16H18Cl2N2O3. The van der Waals surface area contributed by atoms with E-state index in [-0.39, 0.29) is 6.10 Å². The van der Waals surface area contributed by atoms with Crippen LogP contribution in [0.1, 0.15) is 19.3 Å². The van der Waals surface area contributed by atoms with Crippen molar-refractivity contribution in [2.75, 3.05) is 25.7 Å². The van der Waals surface area contributed by atoms with Crippen molar-refractivity contribution in [3.63, 3.8) is 0 Å². The molecule has 0 unspecified atom stereocenters. The minimum atomic E-state index is 0.0984. The maximum atomic E-state index is 6.24. The van der Waals surface area contributed by atoms with Crippen molar-refractivity contribution in [1.82, 2.24) is 9.97 Å². The fraction of sp³-hybridized carbons (Fsp3) is 0.500. The van der Waals surface area contributed by atoms with Crippen LogP contribution in [-0.4, -0.2) is 41.8 Å². The molecule has 7 heteroatoms. The van der Waals surface area contributed by atoms with Crippen LogP contribution in [0.2, 0.25) is 5.15 Å². The monoisotopic (exact) mass is 356 g/mol. The predicted octanol–water partition coefficient (Wildman–Crippen LogP) is 3.85. The lowest BCUT2D eigenvalue weighted by Gasteiger charge is -2.24. The zero-order valence-electron chi connectivity index (χ0n) is 12.6. The van der Waals surface area contributed by atoms with Crippen molar-refractivity contribution in [2.24, 2.45) is 0 Å². The molecule has 1 fully saturated rings. The van der Waals surface area contributed by atoms with Crippen molar-refractivity contribution >= 4 is 34.1 Å². The van der Waals surface area contributed by atoms with Gasteiger partial charge in [0.25, 0.3) is 0 Å². The Morgan fingerprint density at radius 2 is 2.04 bits per heavy atom. The van der Waals surface area contributed by atoms with E-state index in [1.807, 2.05) is 12.1 Å². The van der Waals surface area contributed by atoms with Crippen LogP contribution in [0.3, 0.4) is 0 Å². The molecule has 1 aliphatic heterocycles. The highest BCUT2D eigenvalue weighted by Gasteiger charge is 2.19. The Balaban J connectivity index is 1.91. The van der Waals surface area contributed by atoms with Gasteiger partial charge in [-0.3, -0.25) is 0 Å². The minimum Gasteiger partial charge on any atom is -0.493 e. The van der Waals surface area contributed by atoms with Crippen LogP contribution >= 0.6 is 23.2 Å². The summed E-state index contributed by atoms with van der Waals surface area (Å²) in [6, 6.07) is 3.69. The van der Waals surface area contributed by atoms with Gasteiger partial charge in [0, 0.05) is 30.9 Å². The van der Waals surface area contributed by atoms with Gasteiger partial charge in [0.05, 0.1) is 30.7 Å². The Hall–Kier alpha value is -1.30. The van der Waals surface area contributed by atoms with Crippen LogP contribution < -0.4 is 9.47 Å². The molecular weight excluding hydrogens is 339 g/mol. The second-order valence-corrected chi connectivity index (χ2v) is 6.04. The smallest absolute Gasteiger partial charge is 0.144 e. The first-order valence-corrected chi connectivity index (χ1v) is 8.56. The van der Waals surface area contributed by atoms with E-state index in [0.29, 0.717) is 53.3 Å². The van der Waals surface area contributed by atoms with Crippen LogP contribution in [0.4, 0.5) is 0 Å². The molecule has 3 rings (SSSR count). The lowest BCUT2D eigenvalue weighted by atomic mass is 10.1. The molecule has 0 spiro atoms. The van der Waals surface area contributed by atoms with Gasteiger partial charge in [-0.05, 0) is 6.42 Å². The number of alkyl halides is 1. The zero-order valence-corrected chi connectivity index (χ0v) is 14.1. The average molecular weight is 357 g/mol.